The lowest BCUT2D eigenvalue weighted by molar-refractivity contribution is -0.118. The Morgan fingerprint density at radius 1 is 1.00 bits per heavy atom. The monoisotopic (exact) mass is 445 g/mol. The number of nitrogens with one attached hydrogen (secondary N) is 3. The van der Waals surface area contributed by atoms with Gasteiger partial charge in [-0.25, -0.2) is 4.98 Å². The Morgan fingerprint density at radius 2 is 1.70 bits per heavy atom. The van der Waals surface area contributed by atoms with Crippen LogP contribution < -0.4 is 20.7 Å². The van der Waals surface area contributed by atoms with Crippen LogP contribution in [-0.4, -0.2) is 34.9 Å². The van der Waals surface area contributed by atoms with Crippen molar-refractivity contribution in [2.45, 2.75) is 31.7 Å². The molecule has 0 bridgehead atoms. The van der Waals surface area contributed by atoms with Crippen molar-refractivity contribution in [1.82, 2.24) is 15.3 Å². The highest BCUT2D eigenvalue weighted by Gasteiger charge is 2.27. The van der Waals surface area contributed by atoms with Gasteiger partial charge in [-0.3, -0.25) is 14.6 Å². The minimum absolute atomic E-state index is 0.257. The number of amides is 2. The third-order valence-electron chi connectivity index (χ3n) is 5.51. The molecule has 1 aliphatic rings. The van der Waals surface area contributed by atoms with Crippen molar-refractivity contribution >= 4 is 28.9 Å². The molecule has 1 saturated carbocycles. The summed E-state index contributed by atoms with van der Waals surface area (Å²) in [5.41, 5.74) is 2.81. The van der Waals surface area contributed by atoms with Gasteiger partial charge in [0.25, 0.3) is 5.91 Å². The van der Waals surface area contributed by atoms with E-state index in [9.17, 15) is 9.59 Å². The number of methoxy groups -OCH3 is 1. The minimum atomic E-state index is -0.630. The predicted octanol–water partition coefficient (Wildman–Crippen LogP) is 4.16. The second-order valence-electron chi connectivity index (χ2n) is 8.06. The van der Waals surface area contributed by atoms with Gasteiger partial charge in [0.15, 0.2) is 0 Å². The molecule has 0 spiro atoms. The van der Waals surface area contributed by atoms with E-state index in [0.717, 1.165) is 17.8 Å². The van der Waals surface area contributed by atoms with E-state index in [4.69, 9.17) is 4.74 Å². The number of carbonyl (C=O) groups is 2. The lowest BCUT2D eigenvalue weighted by Crippen LogP contribution is -2.43. The number of ether oxygens (including phenoxy) is 1. The summed E-state index contributed by atoms with van der Waals surface area (Å²) < 4.78 is 5.05. The SMILES string of the molecule is COc1ccc(NC(=O)[C@H](CCC2CC2)NC(=O)c2ccc(Nc3ccncc3)cc2)cn1. The highest BCUT2D eigenvalue weighted by Crippen LogP contribution is 2.34. The third kappa shape index (κ3) is 6.52. The van der Waals surface area contributed by atoms with Crippen LogP contribution in [0.1, 0.15) is 36.0 Å². The van der Waals surface area contributed by atoms with E-state index < -0.39 is 6.04 Å². The van der Waals surface area contributed by atoms with Crippen LogP contribution in [0.3, 0.4) is 0 Å². The Labute approximate surface area is 192 Å². The molecule has 2 aromatic heterocycles. The zero-order chi connectivity index (χ0) is 23.0. The molecule has 4 rings (SSSR count). The summed E-state index contributed by atoms with van der Waals surface area (Å²) in [6.07, 6.45) is 8.83. The van der Waals surface area contributed by atoms with Crippen molar-refractivity contribution in [3.63, 3.8) is 0 Å². The molecule has 3 N–H and O–H groups in total. The van der Waals surface area contributed by atoms with E-state index in [1.807, 2.05) is 24.3 Å². The standard InChI is InChI=1S/C25H27N5O3/c1-33-23-11-9-21(16-27-23)29-25(32)22(10-4-17-2-3-17)30-24(31)18-5-7-19(8-6-18)28-20-12-14-26-15-13-20/h5-9,11-17,22H,2-4,10H2,1H3,(H,26,28)(H,29,32)(H,30,31)/t22-/m0/s1. The molecule has 1 aromatic carbocycles. The van der Waals surface area contributed by atoms with Gasteiger partial charge in [-0.15, -0.1) is 0 Å². The van der Waals surface area contributed by atoms with Crippen molar-refractivity contribution in [3.8, 4) is 5.88 Å². The van der Waals surface area contributed by atoms with E-state index in [1.165, 1.54) is 26.1 Å². The van der Waals surface area contributed by atoms with Gasteiger partial charge in [0, 0.05) is 35.4 Å². The molecule has 2 heterocycles. The number of rotatable bonds is 10. The highest BCUT2D eigenvalue weighted by molar-refractivity contribution is 6.01. The predicted molar refractivity (Wildman–Crippen MR) is 127 cm³/mol. The van der Waals surface area contributed by atoms with E-state index in [-0.39, 0.29) is 11.8 Å². The van der Waals surface area contributed by atoms with Crippen molar-refractivity contribution < 1.29 is 14.3 Å². The normalized spacial score (nSPS) is 13.6. The fraction of sp³-hybridized carbons (Fsp3) is 0.280. The zero-order valence-electron chi connectivity index (χ0n) is 18.5. The lowest BCUT2D eigenvalue weighted by atomic mass is 10.1. The maximum Gasteiger partial charge on any atom is 0.251 e. The van der Waals surface area contributed by atoms with Crippen molar-refractivity contribution in [2.75, 3.05) is 17.7 Å². The second kappa shape index (κ2) is 10.6. The first kappa shape index (κ1) is 22.3. The second-order valence-corrected chi connectivity index (χ2v) is 8.06. The van der Waals surface area contributed by atoms with Crippen LogP contribution in [0, 0.1) is 5.92 Å². The van der Waals surface area contributed by atoms with Gasteiger partial charge in [0.05, 0.1) is 19.0 Å². The number of hydrogen-bond acceptors (Lipinski definition) is 6. The molecule has 0 saturated heterocycles. The van der Waals surface area contributed by atoms with Gasteiger partial charge in [0.2, 0.25) is 11.8 Å². The van der Waals surface area contributed by atoms with Crippen molar-refractivity contribution in [2.24, 2.45) is 5.92 Å². The molecule has 2 amide bonds. The molecule has 8 nitrogen and oxygen atoms in total. The van der Waals surface area contributed by atoms with Gasteiger partial charge in [-0.1, -0.05) is 12.8 Å². The Hall–Kier alpha value is -3.94. The Kier molecular flexibility index (Phi) is 7.14. The third-order valence-corrected chi connectivity index (χ3v) is 5.51. The van der Waals surface area contributed by atoms with Crippen molar-refractivity contribution in [1.29, 1.82) is 0 Å². The zero-order valence-corrected chi connectivity index (χ0v) is 18.5. The van der Waals surface area contributed by atoms with Gasteiger partial charge >= 0.3 is 0 Å². The van der Waals surface area contributed by atoms with Gasteiger partial charge in [-0.05, 0) is 61.2 Å². The summed E-state index contributed by atoms with van der Waals surface area (Å²) in [6.45, 7) is 0. The van der Waals surface area contributed by atoms with Gasteiger partial charge < -0.3 is 20.7 Å². The summed E-state index contributed by atoms with van der Waals surface area (Å²) in [5.74, 6) is 0.577. The molecule has 1 fully saturated rings. The Balaban J connectivity index is 1.39. The number of carbonyl (C=O) groups excluding carboxylic acids is 2. The fourth-order valence-corrected chi connectivity index (χ4v) is 3.43. The molecule has 3 aromatic rings. The number of benzene rings is 1. The molecule has 0 radical (unpaired) electrons. The Bertz CT molecular complexity index is 1070. The van der Waals surface area contributed by atoms with Gasteiger partial charge in [-0.2, -0.15) is 0 Å². The summed E-state index contributed by atoms with van der Waals surface area (Å²) >= 11 is 0. The molecule has 0 aliphatic heterocycles. The molecule has 1 atom stereocenters. The van der Waals surface area contributed by atoms with E-state index in [0.29, 0.717) is 29.5 Å². The number of anilines is 3. The van der Waals surface area contributed by atoms with Crippen molar-refractivity contribution in [3.05, 3.63) is 72.7 Å². The Morgan fingerprint density at radius 3 is 2.33 bits per heavy atom. The molecule has 0 unspecified atom stereocenters. The summed E-state index contributed by atoms with van der Waals surface area (Å²) in [6, 6.07) is 13.6. The molecule has 1 aliphatic carbocycles. The van der Waals surface area contributed by atoms with E-state index in [2.05, 4.69) is 25.9 Å². The average Bonchev–Trinajstić information content (AvgIpc) is 3.68. The smallest absolute Gasteiger partial charge is 0.251 e. The summed E-state index contributed by atoms with van der Waals surface area (Å²) in [5, 5.41) is 9.00. The minimum Gasteiger partial charge on any atom is -0.481 e. The van der Waals surface area contributed by atoms with Crippen LogP contribution in [-0.2, 0) is 4.79 Å². The maximum absolute atomic E-state index is 12.9. The largest absolute Gasteiger partial charge is 0.481 e. The topological polar surface area (TPSA) is 105 Å². The van der Waals surface area contributed by atoms with Crippen LogP contribution in [0.5, 0.6) is 5.88 Å². The summed E-state index contributed by atoms with van der Waals surface area (Å²) in [7, 11) is 1.53. The van der Waals surface area contributed by atoms with E-state index >= 15 is 0 Å². The number of aromatic nitrogens is 2. The van der Waals surface area contributed by atoms with Crippen LogP contribution >= 0.6 is 0 Å². The van der Waals surface area contributed by atoms with Crippen LogP contribution in [0.15, 0.2) is 67.1 Å². The average molecular weight is 446 g/mol. The first-order chi connectivity index (χ1) is 16.1. The fourth-order valence-electron chi connectivity index (χ4n) is 3.43. The summed E-state index contributed by atoms with van der Waals surface area (Å²) in [4.78, 5) is 33.9. The van der Waals surface area contributed by atoms with Crippen LogP contribution in [0.2, 0.25) is 0 Å². The molecule has 8 heteroatoms. The maximum atomic E-state index is 12.9. The lowest BCUT2D eigenvalue weighted by Gasteiger charge is -2.19. The molecule has 33 heavy (non-hydrogen) atoms. The van der Waals surface area contributed by atoms with Crippen LogP contribution in [0.4, 0.5) is 17.1 Å². The molecule has 170 valence electrons. The quantitative estimate of drug-likeness (QED) is 0.433. The van der Waals surface area contributed by atoms with Gasteiger partial charge in [0.1, 0.15) is 6.04 Å². The number of hydrogen-bond donors (Lipinski definition) is 3. The molecular weight excluding hydrogens is 418 g/mol. The molecular formula is C25H27N5O3. The van der Waals surface area contributed by atoms with Crippen LogP contribution in [0.25, 0.3) is 0 Å². The number of nitrogens with zero attached hydrogens (tertiary/aromatic N) is 2. The number of pyridine rings is 2. The highest BCUT2D eigenvalue weighted by atomic mass is 16.5. The first-order valence-corrected chi connectivity index (χ1v) is 11.0. The van der Waals surface area contributed by atoms with E-state index in [1.54, 1.807) is 36.7 Å². The first-order valence-electron chi connectivity index (χ1n) is 11.0.